The highest BCUT2D eigenvalue weighted by Crippen LogP contribution is 2.36. The second kappa shape index (κ2) is 4.40. The quantitative estimate of drug-likeness (QED) is 0.675. The Kier molecular flexibility index (Phi) is 3.76. The Morgan fingerprint density at radius 3 is 2.17 bits per heavy atom. The largest absolute Gasteiger partial charge is 0.344 e. The third-order valence-electron chi connectivity index (χ3n) is 2.16. The summed E-state index contributed by atoms with van der Waals surface area (Å²) in [5.74, 6) is 0. The molecule has 1 saturated heterocycles. The van der Waals surface area contributed by atoms with E-state index in [0.29, 0.717) is 6.29 Å². The highest BCUT2D eigenvalue weighted by molar-refractivity contribution is 7.57. The van der Waals surface area contributed by atoms with Crippen LogP contribution in [0.2, 0.25) is 0 Å². The Bertz CT molecular complexity index is 170. The normalized spacial score (nSPS) is 26.2. The molecular weight excluding hydrogens is 173 g/mol. The first-order chi connectivity index (χ1) is 5.58. The molecule has 0 spiro atoms. The van der Waals surface area contributed by atoms with Gasteiger partial charge in [-0.05, 0) is 25.9 Å². The summed E-state index contributed by atoms with van der Waals surface area (Å²) in [6.07, 6.45) is 5.29. The molecule has 0 aliphatic carbocycles. The SMILES string of the molecule is CP(=O)(O)CN1CCCCCC1. The van der Waals surface area contributed by atoms with Gasteiger partial charge in [-0.1, -0.05) is 12.8 Å². The molecule has 72 valence electrons. The van der Waals surface area contributed by atoms with Crippen molar-refractivity contribution >= 4 is 7.37 Å². The van der Waals surface area contributed by atoms with Crippen LogP contribution >= 0.6 is 7.37 Å². The number of hydrogen-bond donors (Lipinski definition) is 1. The van der Waals surface area contributed by atoms with Crippen LogP contribution in [0.1, 0.15) is 25.7 Å². The smallest absolute Gasteiger partial charge is 0.211 e. The van der Waals surface area contributed by atoms with Crippen LogP contribution in [-0.2, 0) is 4.57 Å². The molecule has 0 saturated carbocycles. The van der Waals surface area contributed by atoms with Gasteiger partial charge in [-0.25, -0.2) is 0 Å². The van der Waals surface area contributed by atoms with Crippen molar-refractivity contribution in [1.82, 2.24) is 4.90 Å². The van der Waals surface area contributed by atoms with Crippen molar-refractivity contribution in [2.45, 2.75) is 25.7 Å². The van der Waals surface area contributed by atoms with Crippen LogP contribution < -0.4 is 0 Å². The summed E-state index contributed by atoms with van der Waals surface area (Å²) in [6, 6.07) is 0. The van der Waals surface area contributed by atoms with Gasteiger partial charge in [-0.2, -0.15) is 0 Å². The maximum atomic E-state index is 11.1. The molecule has 0 aromatic carbocycles. The zero-order valence-electron chi connectivity index (χ0n) is 7.70. The fraction of sp³-hybridized carbons (Fsp3) is 1.00. The first-order valence-corrected chi connectivity index (χ1v) is 6.89. The standard InChI is InChI=1S/C8H18NO2P/c1-12(10,11)8-9-6-4-2-3-5-7-9/h2-8H2,1H3,(H,10,11). The lowest BCUT2D eigenvalue weighted by atomic mass is 10.2. The molecule has 0 aromatic heterocycles. The Hall–Kier alpha value is 0.150. The van der Waals surface area contributed by atoms with E-state index in [0.717, 1.165) is 13.1 Å². The third kappa shape index (κ3) is 4.24. The summed E-state index contributed by atoms with van der Waals surface area (Å²) in [5.41, 5.74) is 0. The fourth-order valence-corrected chi connectivity index (χ4v) is 2.67. The second-order valence-corrected chi connectivity index (χ2v) is 6.11. The van der Waals surface area contributed by atoms with Gasteiger partial charge in [0.15, 0.2) is 0 Å². The minimum Gasteiger partial charge on any atom is -0.344 e. The Balaban J connectivity index is 2.35. The lowest BCUT2D eigenvalue weighted by molar-refractivity contribution is 0.314. The van der Waals surface area contributed by atoms with Crippen molar-refractivity contribution in [1.29, 1.82) is 0 Å². The zero-order chi connectivity index (χ0) is 9.03. The van der Waals surface area contributed by atoms with Gasteiger partial charge in [0.25, 0.3) is 0 Å². The van der Waals surface area contributed by atoms with Gasteiger partial charge in [0.1, 0.15) is 0 Å². The van der Waals surface area contributed by atoms with Crippen molar-refractivity contribution in [2.75, 3.05) is 26.0 Å². The molecule has 1 aliphatic heterocycles. The highest BCUT2D eigenvalue weighted by atomic mass is 31.2. The van der Waals surface area contributed by atoms with Crippen molar-refractivity contribution in [3.8, 4) is 0 Å². The lowest BCUT2D eigenvalue weighted by Gasteiger charge is -2.20. The van der Waals surface area contributed by atoms with E-state index in [4.69, 9.17) is 0 Å². The van der Waals surface area contributed by atoms with Gasteiger partial charge < -0.3 is 4.89 Å². The zero-order valence-corrected chi connectivity index (χ0v) is 8.59. The van der Waals surface area contributed by atoms with Crippen LogP contribution in [0.3, 0.4) is 0 Å². The van der Waals surface area contributed by atoms with E-state index in [-0.39, 0.29) is 0 Å². The predicted octanol–water partition coefficient (Wildman–Crippen LogP) is 1.72. The molecule has 0 radical (unpaired) electrons. The molecule has 1 unspecified atom stereocenters. The van der Waals surface area contributed by atoms with Gasteiger partial charge in [-0.3, -0.25) is 9.46 Å². The van der Waals surface area contributed by atoms with Gasteiger partial charge in [-0.15, -0.1) is 0 Å². The molecule has 1 fully saturated rings. The van der Waals surface area contributed by atoms with E-state index >= 15 is 0 Å². The van der Waals surface area contributed by atoms with Crippen LogP contribution in [0.25, 0.3) is 0 Å². The number of likely N-dealkylation sites (tertiary alicyclic amines) is 1. The van der Waals surface area contributed by atoms with E-state index in [1.165, 1.54) is 32.3 Å². The van der Waals surface area contributed by atoms with Gasteiger partial charge >= 0.3 is 0 Å². The fourth-order valence-electron chi connectivity index (χ4n) is 1.65. The topological polar surface area (TPSA) is 40.5 Å². The highest BCUT2D eigenvalue weighted by Gasteiger charge is 2.17. The number of rotatable bonds is 2. The molecule has 1 atom stereocenters. The summed E-state index contributed by atoms with van der Waals surface area (Å²) in [5, 5.41) is 0. The first kappa shape index (κ1) is 10.2. The van der Waals surface area contributed by atoms with Crippen molar-refractivity contribution < 1.29 is 9.46 Å². The summed E-state index contributed by atoms with van der Waals surface area (Å²) >= 11 is 0. The molecule has 12 heavy (non-hydrogen) atoms. The Labute approximate surface area is 74.2 Å². The summed E-state index contributed by atoms with van der Waals surface area (Å²) in [7, 11) is -2.83. The van der Waals surface area contributed by atoms with E-state index in [1.54, 1.807) is 0 Å². The molecule has 3 nitrogen and oxygen atoms in total. The van der Waals surface area contributed by atoms with Gasteiger partial charge in [0.05, 0.1) is 6.29 Å². The molecule has 1 aliphatic rings. The molecule has 1 heterocycles. The lowest BCUT2D eigenvalue weighted by Crippen LogP contribution is -2.25. The van der Waals surface area contributed by atoms with E-state index in [2.05, 4.69) is 4.90 Å². The number of hydrogen-bond acceptors (Lipinski definition) is 2. The van der Waals surface area contributed by atoms with Crippen molar-refractivity contribution in [3.63, 3.8) is 0 Å². The monoisotopic (exact) mass is 191 g/mol. The molecule has 0 aromatic rings. The van der Waals surface area contributed by atoms with Crippen LogP contribution in [0.15, 0.2) is 0 Å². The van der Waals surface area contributed by atoms with Gasteiger partial charge in [0, 0.05) is 6.66 Å². The van der Waals surface area contributed by atoms with Gasteiger partial charge in [0.2, 0.25) is 7.37 Å². The van der Waals surface area contributed by atoms with E-state index < -0.39 is 7.37 Å². The molecule has 0 bridgehead atoms. The molecule has 1 N–H and O–H groups in total. The Morgan fingerprint density at radius 1 is 1.25 bits per heavy atom. The maximum Gasteiger partial charge on any atom is 0.211 e. The molecule has 1 rings (SSSR count). The average Bonchev–Trinajstić information content (AvgIpc) is 2.12. The number of nitrogens with zero attached hydrogens (tertiary/aromatic N) is 1. The minimum atomic E-state index is -2.83. The summed E-state index contributed by atoms with van der Waals surface area (Å²) in [4.78, 5) is 11.3. The molecule has 0 amide bonds. The van der Waals surface area contributed by atoms with Crippen LogP contribution in [-0.4, -0.2) is 35.8 Å². The third-order valence-corrected chi connectivity index (χ3v) is 3.09. The summed E-state index contributed by atoms with van der Waals surface area (Å²) < 4.78 is 11.1. The predicted molar refractivity (Wildman–Crippen MR) is 50.7 cm³/mol. The van der Waals surface area contributed by atoms with Crippen LogP contribution in [0.5, 0.6) is 0 Å². The first-order valence-electron chi connectivity index (χ1n) is 4.59. The second-order valence-electron chi connectivity index (χ2n) is 3.72. The molecular formula is C8H18NO2P. The minimum absolute atomic E-state index is 0.382. The van der Waals surface area contributed by atoms with Crippen molar-refractivity contribution in [3.05, 3.63) is 0 Å². The van der Waals surface area contributed by atoms with Crippen LogP contribution in [0, 0.1) is 0 Å². The Morgan fingerprint density at radius 2 is 1.75 bits per heavy atom. The van der Waals surface area contributed by atoms with E-state index in [1.807, 2.05) is 0 Å². The average molecular weight is 191 g/mol. The van der Waals surface area contributed by atoms with Crippen LogP contribution in [0.4, 0.5) is 0 Å². The summed E-state index contributed by atoms with van der Waals surface area (Å²) in [6.45, 7) is 3.44. The molecule has 4 heteroatoms. The maximum absolute atomic E-state index is 11.1. The van der Waals surface area contributed by atoms with Crippen molar-refractivity contribution in [2.24, 2.45) is 0 Å². The van der Waals surface area contributed by atoms with E-state index in [9.17, 15) is 9.46 Å².